The van der Waals surface area contributed by atoms with E-state index in [2.05, 4.69) is 26.8 Å². The molecule has 1 unspecified atom stereocenters. The summed E-state index contributed by atoms with van der Waals surface area (Å²) in [7, 11) is 0. The Morgan fingerprint density at radius 1 is 1.43 bits per heavy atom. The number of allylic oxidation sites excluding steroid dienone is 2. The van der Waals surface area contributed by atoms with E-state index >= 15 is 0 Å². The van der Waals surface area contributed by atoms with Crippen molar-refractivity contribution in [1.82, 2.24) is 0 Å². The van der Waals surface area contributed by atoms with E-state index in [4.69, 9.17) is 5.11 Å². The topological polar surface area (TPSA) is 57.5 Å². The highest BCUT2D eigenvalue weighted by Crippen LogP contribution is 2.15. The monoisotopic (exact) mass is 200 g/mol. The normalized spacial score (nSPS) is 14.6. The molecule has 0 bridgehead atoms. The van der Waals surface area contributed by atoms with Crippen LogP contribution in [0, 0.1) is 5.41 Å². The van der Waals surface area contributed by atoms with Gasteiger partial charge in [-0.1, -0.05) is 32.9 Å². The highest BCUT2D eigenvalue weighted by atomic mass is 16.4. The first-order chi connectivity index (χ1) is 6.31. The summed E-state index contributed by atoms with van der Waals surface area (Å²) in [5, 5.41) is 17.6. The molecule has 0 radical (unpaired) electrons. The smallest absolute Gasteiger partial charge is 0.305 e. The molecule has 0 aromatic rings. The van der Waals surface area contributed by atoms with Crippen molar-refractivity contribution in [2.24, 2.45) is 5.41 Å². The summed E-state index contributed by atoms with van der Waals surface area (Å²) in [6.45, 7) is 6.28. The minimum absolute atomic E-state index is 0.151. The van der Waals surface area contributed by atoms with Crippen molar-refractivity contribution >= 4 is 5.97 Å². The predicted octanol–water partition coefficient (Wildman–Crippen LogP) is 2.20. The summed E-state index contributed by atoms with van der Waals surface area (Å²) in [5.41, 5.74) is 0.151. The van der Waals surface area contributed by atoms with Gasteiger partial charge in [0, 0.05) is 0 Å². The van der Waals surface area contributed by atoms with Gasteiger partial charge in [-0.3, -0.25) is 4.79 Å². The molecule has 3 heteroatoms. The van der Waals surface area contributed by atoms with Crippen molar-refractivity contribution in [2.45, 2.75) is 46.1 Å². The maximum Gasteiger partial charge on any atom is 0.305 e. The van der Waals surface area contributed by atoms with Crippen molar-refractivity contribution in [3.05, 3.63) is 12.2 Å². The van der Waals surface area contributed by atoms with Crippen LogP contribution in [0.2, 0.25) is 0 Å². The van der Waals surface area contributed by atoms with E-state index in [9.17, 15) is 9.90 Å². The van der Waals surface area contributed by atoms with Gasteiger partial charge >= 0.3 is 5.97 Å². The molecule has 0 spiro atoms. The maximum absolute atomic E-state index is 10.2. The van der Waals surface area contributed by atoms with Crippen LogP contribution in [0.1, 0.15) is 40.0 Å². The van der Waals surface area contributed by atoms with Gasteiger partial charge in [-0.25, -0.2) is 0 Å². The molecule has 14 heavy (non-hydrogen) atoms. The van der Waals surface area contributed by atoms with Crippen molar-refractivity contribution in [2.75, 3.05) is 0 Å². The lowest BCUT2D eigenvalue weighted by atomic mass is 9.95. The minimum atomic E-state index is -0.947. The number of hydrogen-bond donors (Lipinski definition) is 2. The number of aliphatic hydroxyl groups is 1. The number of aliphatic hydroxyl groups excluding tert-OH is 1. The van der Waals surface area contributed by atoms with Gasteiger partial charge < -0.3 is 10.2 Å². The summed E-state index contributed by atoms with van der Waals surface area (Å²) in [5.74, 6) is -0.947. The summed E-state index contributed by atoms with van der Waals surface area (Å²) in [6.07, 6.45) is 4.41. The van der Waals surface area contributed by atoms with E-state index in [0.717, 1.165) is 6.42 Å². The third kappa shape index (κ3) is 9.26. The quantitative estimate of drug-likeness (QED) is 0.669. The van der Waals surface area contributed by atoms with Gasteiger partial charge in [0.15, 0.2) is 0 Å². The zero-order valence-electron chi connectivity index (χ0n) is 9.16. The van der Waals surface area contributed by atoms with Crippen LogP contribution in [-0.4, -0.2) is 22.3 Å². The van der Waals surface area contributed by atoms with Gasteiger partial charge in [-0.05, 0) is 18.3 Å². The maximum atomic E-state index is 10.2. The first-order valence-electron chi connectivity index (χ1n) is 4.89. The SMILES string of the molecule is CC(C)(C)/C=C/CCC(O)CC(=O)O. The first-order valence-corrected chi connectivity index (χ1v) is 4.89. The molecule has 0 amide bonds. The second kappa shape index (κ2) is 5.81. The molecule has 0 fully saturated rings. The van der Waals surface area contributed by atoms with Gasteiger partial charge in [0.05, 0.1) is 12.5 Å². The fourth-order valence-electron chi connectivity index (χ4n) is 1.03. The van der Waals surface area contributed by atoms with Gasteiger partial charge in [0.2, 0.25) is 0 Å². The lowest BCUT2D eigenvalue weighted by molar-refractivity contribution is -0.139. The average molecular weight is 200 g/mol. The second-order valence-corrected chi connectivity index (χ2v) is 4.60. The van der Waals surface area contributed by atoms with Gasteiger partial charge in [0.25, 0.3) is 0 Å². The van der Waals surface area contributed by atoms with Crippen LogP contribution in [0.3, 0.4) is 0 Å². The highest BCUT2D eigenvalue weighted by Gasteiger charge is 2.08. The molecule has 0 aliphatic heterocycles. The summed E-state index contributed by atoms with van der Waals surface area (Å²) in [6, 6.07) is 0. The van der Waals surface area contributed by atoms with E-state index in [1.54, 1.807) is 0 Å². The molecule has 0 aliphatic rings. The molecule has 0 heterocycles. The lowest BCUT2D eigenvalue weighted by Gasteiger charge is -2.11. The van der Waals surface area contributed by atoms with Gasteiger partial charge in [-0.15, -0.1) is 0 Å². The van der Waals surface area contributed by atoms with Crippen LogP contribution in [0.4, 0.5) is 0 Å². The van der Waals surface area contributed by atoms with Gasteiger partial charge in [-0.2, -0.15) is 0 Å². The molecular formula is C11H20O3. The Morgan fingerprint density at radius 3 is 2.43 bits per heavy atom. The van der Waals surface area contributed by atoms with E-state index in [1.807, 2.05) is 6.08 Å². The number of carboxylic acids is 1. The zero-order valence-corrected chi connectivity index (χ0v) is 9.16. The van der Waals surface area contributed by atoms with Crippen LogP contribution in [0.5, 0.6) is 0 Å². The Balaban J connectivity index is 3.64. The second-order valence-electron chi connectivity index (χ2n) is 4.60. The van der Waals surface area contributed by atoms with E-state index in [-0.39, 0.29) is 11.8 Å². The molecule has 2 N–H and O–H groups in total. The first kappa shape index (κ1) is 13.2. The molecule has 0 saturated heterocycles. The van der Waals surface area contributed by atoms with E-state index in [0.29, 0.717) is 6.42 Å². The Labute approximate surface area is 85.4 Å². The largest absolute Gasteiger partial charge is 0.481 e. The van der Waals surface area contributed by atoms with E-state index < -0.39 is 12.1 Å². The fourth-order valence-corrected chi connectivity index (χ4v) is 1.03. The number of carboxylic acid groups (broad SMARTS) is 1. The molecular weight excluding hydrogens is 180 g/mol. The highest BCUT2D eigenvalue weighted by molar-refractivity contribution is 5.67. The Hall–Kier alpha value is -0.830. The van der Waals surface area contributed by atoms with E-state index in [1.165, 1.54) is 0 Å². The van der Waals surface area contributed by atoms with Crippen molar-refractivity contribution < 1.29 is 15.0 Å². The molecule has 0 aromatic carbocycles. The summed E-state index contributed by atoms with van der Waals surface area (Å²) in [4.78, 5) is 10.2. The van der Waals surface area contributed by atoms with Crippen molar-refractivity contribution in [1.29, 1.82) is 0 Å². The number of hydrogen-bond acceptors (Lipinski definition) is 2. The molecule has 1 atom stereocenters. The molecule has 0 saturated carbocycles. The Kier molecular flexibility index (Phi) is 5.46. The van der Waals surface area contributed by atoms with Crippen LogP contribution in [0.15, 0.2) is 12.2 Å². The fraction of sp³-hybridized carbons (Fsp3) is 0.727. The Morgan fingerprint density at radius 2 is 2.00 bits per heavy atom. The number of carbonyl (C=O) groups is 1. The average Bonchev–Trinajstić information content (AvgIpc) is 1.95. The third-order valence-corrected chi connectivity index (χ3v) is 1.69. The lowest BCUT2D eigenvalue weighted by Crippen LogP contribution is -2.12. The number of aliphatic carboxylic acids is 1. The molecule has 0 aromatic heterocycles. The van der Waals surface area contributed by atoms with Gasteiger partial charge in [0.1, 0.15) is 0 Å². The number of rotatable bonds is 5. The zero-order chi connectivity index (χ0) is 11.2. The minimum Gasteiger partial charge on any atom is -0.481 e. The predicted molar refractivity (Wildman–Crippen MR) is 56.1 cm³/mol. The summed E-state index contributed by atoms with van der Waals surface area (Å²) < 4.78 is 0. The van der Waals surface area contributed by atoms with Crippen LogP contribution in [0.25, 0.3) is 0 Å². The summed E-state index contributed by atoms with van der Waals surface area (Å²) >= 11 is 0. The molecule has 0 rings (SSSR count). The molecule has 3 nitrogen and oxygen atoms in total. The molecule has 0 aliphatic carbocycles. The van der Waals surface area contributed by atoms with Crippen LogP contribution < -0.4 is 0 Å². The third-order valence-electron chi connectivity index (χ3n) is 1.69. The van der Waals surface area contributed by atoms with Crippen LogP contribution >= 0.6 is 0 Å². The van der Waals surface area contributed by atoms with Crippen molar-refractivity contribution in [3.8, 4) is 0 Å². The van der Waals surface area contributed by atoms with Crippen molar-refractivity contribution in [3.63, 3.8) is 0 Å². The molecule has 82 valence electrons. The Bertz CT molecular complexity index is 201. The van der Waals surface area contributed by atoms with Crippen LogP contribution in [-0.2, 0) is 4.79 Å². The standard InChI is InChI=1S/C11H20O3/c1-11(2,3)7-5-4-6-9(12)8-10(13)14/h5,7,9,12H,4,6,8H2,1-3H3,(H,13,14)/b7-5+.